The molecule has 1 saturated heterocycles. The van der Waals surface area contributed by atoms with Gasteiger partial charge in [0.1, 0.15) is 0 Å². The summed E-state index contributed by atoms with van der Waals surface area (Å²) in [6.45, 7) is 8.06. The van der Waals surface area contributed by atoms with Gasteiger partial charge >= 0.3 is 0 Å². The minimum Gasteiger partial charge on any atom is -0.314 e. The van der Waals surface area contributed by atoms with Crippen molar-refractivity contribution in [1.29, 1.82) is 0 Å². The highest BCUT2D eigenvalue weighted by Crippen LogP contribution is 2.12. The zero-order valence-corrected chi connectivity index (χ0v) is 10.7. The van der Waals surface area contributed by atoms with Crippen LogP contribution in [0.5, 0.6) is 0 Å². The van der Waals surface area contributed by atoms with Crippen LogP contribution < -0.4 is 10.6 Å². The van der Waals surface area contributed by atoms with Gasteiger partial charge in [0.2, 0.25) is 0 Å². The van der Waals surface area contributed by atoms with Crippen LogP contribution in [0.15, 0.2) is 0 Å². The van der Waals surface area contributed by atoms with E-state index in [0.29, 0.717) is 12.1 Å². The average molecular weight is 212 g/mol. The van der Waals surface area contributed by atoms with Gasteiger partial charge in [-0.05, 0) is 46.1 Å². The van der Waals surface area contributed by atoms with E-state index in [0.717, 1.165) is 6.04 Å². The molecule has 0 bridgehead atoms. The summed E-state index contributed by atoms with van der Waals surface area (Å²) in [6, 6.07) is 2.06. The summed E-state index contributed by atoms with van der Waals surface area (Å²) in [6.07, 6.45) is 8.06. The van der Waals surface area contributed by atoms with Crippen LogP contribution >= 0.6 is 0 Å². The van der Waals surface area contributed by atoms with Crippen molar-refractivity contribution in [3.8, 4) is 0 Å². The molecule has 90 valence electrons. The van der Waals surface area contributed by atoms with E-state index in [1.807, 2.05) is 0 Å². The Morgan fingerprint density at radius 3 is 2.73 bits per heavy atom. The van der Waals surface area contributed by atoms with Crippen LogP contribution in [-0.2, 0) is 0 Å². The predicted molar refractivity (Wildman–Crippen MR) is 67.2 cm³/mol. The van der Waals surface area contributed by atoms with E-state index in [4.69, 9.17) is 0 Å². The summed E-state index contributed by atoms with van der Waals surface area (Å²) in [5.74, 6) is 0. The molecule has 1 fully saturated rings. The van der Waals surface area contributed by atoms with Crippen molar-refractivity contribution in [2.24, 2.45) is 0 Å². The van der Waals surface area contributed by atoms with Crippen molar-refractivity contribution >= 4 is 0 Å². The van der Waals surface area contributed by atoms with Crippen LogP contribution in [0.2, 0.25) is 0 Å². The molecule has 0 aromatic rings. The van der Waals surface area contributed by atoms with E-state index in [1.165, 1.54) is 45.1 Å². The summed E-state index contributed by atoms with van der Waals surface area (Å²) in [4.78, 5) is 0. The van der Waals surface area contributed by atoms with E-state index >= 15 is 0 Å². The van der Waals surface area contributed by atoms with Crippen LogP contribution in [0.3, 0.4) is 0 Å². The Balaban J connectivity index is 2.20. The Bertz CT molecular complexity index is 151. The number of hydrogen-bond donors (Lipinski definition) is 2. The Kier molecular flexibility index (Phi) is 6.26. The monoisotopic (exact) mass is 212 g/mol. The molecule has 0 saturated carbocycles. The van der Waals surface area contributed by atoms with Crippen LogP contribution in [0.25, 0.3) is 0 Å². The van der Waals surface area contributed by atoms with E-state index in [-0.39, 0.29) is 0 Å². The Morgan fingerprint density at radius 1 is 1.20 bits per heavy atom. The van der Waals surface area contributed by atoms with Crippen molar-refractivity contribution in [3.05, 3.63) is 0 Å². The number of hydrogen-bond acceptors (Lipinski definition) is 2. The van der Waals surface area contributed by atoms with Crippen molar-refractivity contribution in [3.63, 3.8) is 0 Å². The zero-order valence-electron chi connectivity index (χ0n) is 10.7. The molecule has 15 heavy (non-hydrogen) atoms. The lowest BCUT2D eigenvalue weighted by atomic mass is 10.0. The zero-order chi connectivity index (χ0) is 11.1. The van der Waals surface area contributed by atoms with Gasteiger partial charge in [-0.1, -0.05) is 19.8 Å². The lowest BCUT2D eigenvalue weighted by molar-refractivity contribution is 0.373. The minimum atomic E-state index is 0.649. The second kappa shape index (κ2) is 7.24. The fourth-order valence-corrected chi connectivity index (χ4v) is 2.40. The van der Waals surface area contributed by atoms with E-state index in [2.05, 4.69) is 31.4 Å². The topological polar surface area (TPSA) is 24.1 Å². The summed E-state index contributed by atoms with van der Waals surface area (Å²) < 4.78 is 0. The van der Waals surface area contributed by atoms with Gasteiger partial charge in [0.15, 0.2) is 0 Å². The molecule has 0 radical (unpaired) electrons. The predicted octanol–water partition coefficient (Wildman–Crippen LogP) is 2.69. The summed E-state index contributed by atoms with van der Waals surface area (Å²) in [5, 5.41) is 7.32. The molecule has 2 heteroatoms. The minimum absolute atomic E-state index is 0.649. The fraction of sp³-hybridized carbons (Fsp3) is 1.00. The molecule has 0 aromatic carbocycles. The van der Waals surface area contributed by atoms with Gasteiger partial charge < -0.3 is 10.6 Å². The van der Waals surface area contributed by atoms with Gasteiger partial charge in [0.25, 0.3) is 0 Å². The van der Waals surface area contributed by atoms with E-state index < -0.39 is 0 Å². The molecule has 3 atom stereocenters. The highest BCUT2D eigenvalue weighted by molar-refractivity contribution is 4.77. The number of rotatable bonds is 5. The largest absolute Gasteiger partial charge is 0.314 e. The highest BCUT2D eigenvalue weighted by atomic mass is 15.0. The molecule has 0 spiro atoms. The molecule has 3 unspecified atom stereocenters. The standard InChI is InChI=1S/C13H28N2/c1-4-11(2)15-12(3)10-13-8-6-5-7-9-14-13/h11-15H,4-10H2,1-3H3. The first-order chi connectivity index (χ1) is 7.22. The average Bonchev–Trinajstić information content (AvgIpc) is 2.46. The molecule has 1 heterocycles. The summed E-state index contributed by atoms with van der Waals surface area (Å²) in [7, 11) is 0. The quantitative estimate of drug-likeness (QED) is 0.732. The molecule has 0 aliphatic carbocycles. The third-order valence-corrected chi connectivity index (χ3v) is 3.48. The highest BCUT2D eigenvalue weighted by Gasteiger charge is 2.15. The van der Waals surface area contributed by atoms with Gasteiger partial charge in [0.05, 0.1) is 0 Å². The van der Waals surface area contributed by atoms with Crippen LogP contribution in [0.4, 0.5) is 0 Å². The maximum atomic E-state index is 3.66. The second-order valence-electron chi connectivity index (χ2n) is 5.11. The molecule has 2 nitrogen and oxygen atoms in total. The lowest BCUT2D eigenvalue weighted by Gasteiger charge is -2.24. The van der Waals surface area contributed by atoms with Crippen molar-refractivity contribution in [1.82, 2.24) is 10.6 Å². The van der Waals surface area contributed by atoms with Gasteiger partial charge in [-0.25, -0.2) is 0 Å². The van der Waals surface area contributed by atoms with Gasteiger partial charge in [0, 0.05) is 18.1 Å². The van der Waals surface area contributed by atoms with E-state index in [1.54, 1.807) is 0 Å². The Labute approximate surface area is 95.2 Å². The van der Waals surface area contributed by atoms with E-state index in [9.17, 15) is 0 Å². The van der Waals surface area contributed by atoms with Crippen LogP contribution in [0.1, 0.15) is 59.3 Å². The van der Waals surface area contributed by atoms with Crippen molar-refractivity contribution in [2.75, 3.05) is 6.54 Å². The molecular formula is C13H28N2. The van der Waals surface area contributed by atoms with Crippen molar-refractivity contribution < 1.29 is 0 Å². The third kappa shape index (κ3) is 5.53. The first-order valence-corrected chi connectivity index (χ1v) is 6.71. The molecule has 1 aliphatic heterocycles. The van der Waals surface area contributed by atoms with Gasteiger partial charge in [-0.2, -0.15) is 0 Å². The SMILES string of the molecule is CCC(C)NC(C)CC1CCCCCN1. The second-order valence-corrected chi connectivity index (χ2v) is 5.11. The first kappa shape index (κ1) is 13.0. The lowest BCUT2D eigenvalue weighted by Crippen LogP contribution is -2.40. The third-order valence-electron chi connectivity index (χ3n) is 3.48. The Hall–Kier alpha value is -0.0800. The van der Waals surface area contributed by atoms with Gasteiger partial charge in [-0.15, -0.1) is 0 Å². The first-order valence-electron chi connectivity index (χ1n) is 6.71. The van der Waals surface area contributed by atoms with Gasteiger partial charge in [-0.3, -0.25) is 0 Å². The maximum Gasteiger partial charge on any atom is 0.00817 e. The number of nitrogens with one attached hydrogen (secondary N) is 2. The maximum absolute atomic E-state index is 3.66. The smallest absolute Gasteiger partial charge is 0.00817 e. The molecule has 1 aliphatic rings. The molecule has 0 aromatic heterocycles. The Morgan fingerprint density at radius 2 is 2.00 bits per heavy atom. The summed E-state index contributed by atoms with van der Waals surface area (Å²) >= 11 is 0. The molecule has 0 amide bonds. The molecule has 1 rings (SSSR count). The normalized spacial score (nSPS) is 27.0. The van der Waals surface area contributed by atoms with Crippen LogP contribution in [-0.4, -0.2) is 24.7 Å². The molecular weight excluding hydrogens is 184 g/mol. The fourth-order valence-electron chi connectivity index (χ4n) is 2.40. The van der Waals surface area contributed by atoms with Crippen LogP contribution in [0, 0.1) is 0 Å². The molecule has 2 N–H and O–H groups in total. The summed E-state index contributed by atoms with van der Waals surface area (Å²) in [5.41, 5.74) is 0. The van der Waals surface area contributed by atoms with Crippen molar-refractivity contribution in [2.45, 2.75) is 77.4 Å².